The van der Waals surface area contributed by atoms with Crippen molar-refractivity contribution in [3.8, 4) is 90.6 Å². The first-order valence-corrected chi connectivity index (χ1v) is 24.8. The van der Waals surface area contributed by atoms with E-state index >= 15 is 0 Å². The highest BCUT2D eigenvalue weighted by Crippen LogP contribution is 2.64. The molecule has 1 heterocycles. The predicted molar refractivity (Wildman–Crippen MR) is 296 cm³/mol. The van der Waals surface area contributed by atoms with Gasteiger partial charge in [-0.05, 0) is 157 Å². The van der Waals surface area contributed by atoms with Crippen LogP contribution in [-0.4, -0.2) is 0 Å². The predicted octanol–water partition coefficient (Wildman–Crippen LogP) is 17.9. The number of rotatable bonds is 6. The van der Waals surface area contributed by atoms with Gasteiger partial charge in [-0.25, -0.2) is 0 Å². The molecule has 0 aromatic heterocycles. The molecule has 336 valence electrons. The number of aryl methyl sites for hydroxylation is 1. The lowest BCUT2D eigenvalue weighted by Gasteiger charge is -2.37. The van der Waals surface area contributed by atoms with Crippen molar-refractivity contribution in [2.45, 2.75) is 25.2 Å². The van der Waals surface area contributed by atoms with Crippen molar-refractivity contribution >= 4 is 27.8 Å². The highest BCUT2D eigenvalue weighted by Gasteiger charge is 2.52. The summed E-state index contributed by atoms with van der Waals surface area (Å²) >= 11 is 0. The van der Waals surface area contributed by atoms with Crippen molar-refractivity contribution in [1.82, 2.24) is 0 Å². The van der Waals surface area contributed by atoms with E-state index in [1.54, 1.807) is 0 Å². The van der Waals surface area contributed by atoms with E-state index in [1.165, 1.54) is 55.3 Å². The fourth-order valence-electron chi connectivity index (χ4n) is 12.6. The summed E-state index contributed by atoms with van der Waals surface area (Å²) in [4.78, 5) is 2.45. The van der Waals surface area contributed by atoms with E-state index in [0.29, 0.717) is 6.42 Å². The van der Waals surface area contributed by atoms with Crippen LogP contribution in [0.4, 0.5) is 17.1 Å². The Hall–Kier alpha value is -9.34. The third kappa shape index (κ3) is 6.00. The fourth-order valence-corrected chi connectivity index (χ4v) is 12.6. The quantitative estimate of drug-likeness (QED) is 0.154. The molecule has 1 aliphatic heterocycles. The van der Waals surface area contributed by atoms with Crippen molar-refractivity contribution in [1.29, 1.82) is 0 Å². The van der Waals surface area contributed by atoms with Gasteiger partial charge in [0.15, 0.2) is 0 Å². The molecule has 1 spiro atoms. The Balaban J connectivity index is 1.09. The molecule has 0 fully saturated rings. The van der Waals surface area contributed by atoms with Crippen LogP contribution >= 0.6 is 0 Å². The van der Waals surface area contributed by atoms with E-state index in [1.807, 2.05) is 12.1 Å². The Morgan fingerprint density at radius 2 is 1.07 bits per heavy atom. The molecule has 14 rings (SSSR count). The van der Waals surface area contributed by atoms with Gasteiger partial charge in [-0.3, -0.25) is 0 Å². The zero-order chi connectivity index (χ0) is 47.9. The molecule has 72 heavy (non-hydrogen) atoms. The number of nitrogens with zero attached hydrogens (tertiary/aromatic N) is 1. The Bertz CT molecular complexity index is 4060. The number of ether oxygens (including phenoxy) is 1. The van der Waals surface area contributed by atoms with Crippen molar-refractivity contribution in [3.63, 3.8) is 0 Å². The smallest absolute Gasteiger partial charge is 0.135 e. The second kappa shape index (κ2) is 16.4. The molecule has 1 unspecified atom stereocenters. The van der Waals surface area contributed by atoms with Crippen LogP contribution < -0.4 is 9.64 Å². The SMILES string of the molecule is C#CCCc1c2c(c3ccccc3c1C)-c1ccccc1C21c2c#cccc2-c2ccccc2-c2cc(N(c3ccc4c(c3)-c3ccccc3-c3ccccc3O4)c3ccccc3-c3ccccc3)ccc21. The van der Waals surface area contributed by atoms with E-state index in [0.717, 1.165) is 90.6 Å². The molecule has 2 nitrogen and oxygen atoms in total. The van der Waals surface area contributed by atoms with Gasteiger partial charge in [0, 0.05) is 40.0 Å². The van der Waals surface area contributed by atoms with Crippen molar-refractivity contribution in [2.24, 2.45) is 0 Å². The Morgan fingerprint density at radius 1 is 0.500 bits per heavy atom. The van der Waals surface area contributed by atoms with Gasteiger partial charge in [0.2, 0.25) is 0 Å². The molecule has 0 radical (unpaired) electrons. The van der Waals surface area contributed by atoms with Gasteiger partial charge in [0.25, 0.3) is 0 Å². The van der Waals surface area contributed by atoms with Gasteiger partial charge >= 0.3 is 0 Å². The fraction of sp³-hybridized carbons (Fsp3) is 0.0571. The molecule has 2 aliphatic carbocycles. The number of terminal acetylenes is 1. The minimum Gasteiger partial charge on any atom is -0.456 e. The average molecular weight is 916 g/mol. The molecule has 0 N–H and O–H groups in total. The third-order valence-corrected chi connectivity index (χ3v) is 15.5. The van der Waals surface area contributed by atoms with E-state index in [-0.39, 0.29) is 0 Å². The summed E-state index contributed by atoms with van der Waals surface area (Å²) in [6, 6.07) is 89.1. The van der Waals surface area contributed by atoms with Crippen LogP contribution in [0.25, 0.3) is 77.5 Å². The van der Waals surface area contributed by atoms with E-state index in [9.17, 15) is 0 Å². The normalized spacial score (nSPS) is 14.1. The largest absolute Gasteiger partial charge is 0.456 e. The van der Waals surface area contributed by atoms with Crippen molar-refractivity contribution < 1.29 is 4.74 Å². The molecule has 2 heteroatoms. The van der Waals surface area contributed by atoms with Crippen LogP contribution in [0, 0.1) is 31.4 Å². The van der Waals surface area contributed by atoms with Crippen LogP contribution in [-0.2, 0) is 11.8 Å². The Kier molecular flexibility index (Phi) is 9.47. The molecule has 1 atom stereocenters. The van der Waals surface area contributed by atoms with Gasteiger partial charge in [0.05, 0.1) is 11.1 Å². The van der Waals surface area contributed by atoms with Crippen LogP contribution in [0.1, 0.15) is 39.8 Å². The molecule has 11 aromatic rings. The summed E-state index contributed by atoms with van der Waals surface area (Å²) in [7, 11) is 0. The minimum atomic E-state index is -0.780. The number of benzene rings is 10. The standard InChI is InChI=1S/C70H45NO/c1-3-4-24-50-45(2)49-25-8-13-33-58(49)68-59-34-15-19-36-63(59)70(69(50)68)62-35-18-14-31-56(62)52-27-9-11-29-54(52)60-43-47(39-41-64(60)70)71(65-37-20-16-26-51(65)46-22-6-5-7-23-46)48-40-42-67-61(44-48)55-30-12-10-28-53(55)57-32-17-21-38-66(57)72-67/h1,5-17,19-23,25-34,36-44H,4,24H2,2H3. The lowest BCUT2D eigenvalue weighted by molar-refractivity contribution is 0.488. The summed E-state index contributed by atoms with van der Waals surface area (Å²) in [5.74, 6) is 4.70. The molecule has 0 saturated heterocycles. The molecule has 0 amide bonds. The third-order valence-electron chi connectivity index (χ3n) is 15.5. The summed E-state index contributed by atoms with van der Waals surface area (Å²) < 4.78 is 6.83. The number of fused-ring (bicyclic) bond motifs is 19. The van der Waals surface area contributed by atoms with Crippen LogP contribution in [0.15, 0.2) is 224 Å². The van der Waals surface area contributed by atoms with E-state index in [4.69, 9.17) is 11.2 Å². The average Bonchev–Trinajstić information content (AvgIpc) is 3.60. The first-order valence-electron chi connectivity index (χ1n) is 24.8. The molecule has 3 aliphatic rings. The number of hydrogen-bond acceptors (Lipinski definition) is 2. The van der Waals surface area contributed by atoms with Gasteiger partial charge in [-0.2, -0.15) is 0 Å². The number of anilines is 3. The lowest BCUT2D eigenvalue weighted by Crippen LogP contribution is -2.31. The molecular formula is C70H45NO. The van der Waals surface area contributed by atoms with Gasteiger partial charge < -0.3 is 9.64 Å². The van der Waals surface area contributed by atoms with E-state index in [2.05, 4.69) is 242 Å². The number of para-hydroxylation sites is 2. The van der Waals surface area contributed by atoms with Crippen LogP contribution in [0.2, 0.25) is 0 Å². The zero-order valence-electron chi connectivity index (χ0n) is 39.7. The maximum absolute atomic E-state index is 6.83. The summed E-state index contributed by atoms with van der Waals surface area (Å²) in [5.41, 5.74) is 23.5. The van der Waals surface area contributed by atoms with Gasteiger partial charge in [0.1, 0.15) is 11.5 Å². The summed E-state index contributed by atoms with van der Waals surface area (Å²) in [6.45, 7) is 2.30. The highest BCUT2D eigenvalue weighted by atomic mass is 16.5. The first kappa shape index (κ1) is 41.6. The van der Waals surface area contributed by atoms with Gasteiger partial charge in [-0.1, -0.05) is 182 Å². The van der Waals surface area contributed by atoms with Crippen molar-refractivity contribution in [2.75, 3.05) is 4.90 Å². The number of hydrogen-bond donors (Lipinski definition) is 0. The van der Waals surface area contributed by atoms with Crippen LogP contribution in [0.5, 0.6) is 11.5 Å². The Morgan fingerprint density at radius 3 is 1.85 bits per heavy atom. The maximum Gasteiger partial charge on any atom is 0.135 e. The lowest BCUT2D eigenvalue weighted by atomic mass is 9.64. The molecule has 11 aromatic carbocycles. The molecular weight excluding hydrogens is 871 g/mol. The van der Waals surface area contributed by atoms with Crippen LogP contribution in [0.3, 0.4) is 0 Å². The zero-order valence-corrected chi connectivity index (χ0v) is 39.7. The maximum atomic E-state index is 6.83. The molecule has 0 bridgehead atoms. The second-order valence-electron chi connectivity index (χ2n) is 19.1. The highest BCUT2D eigenvalue weighted by molar-refractivity contribution is 6.09. The second-order valence-corrected chi connectivity index (χ2v) is 19.1. The van der Waals surface area contributed by atoms with Gasteiger partial charge in [-0.15, -0.1) is 12.3 Å². The summed E-state index contributed by atoms with van der Waals surface area (Å²) in [6.07, 6.45) is 7.55. The Labute approximate surface area is 421 Å². The summed E-state index contributed by atoms with van der Waals surface area (Å²) in [5, 5.41) is 2.51. The van der Waals surface area contributed by atoms with Crippen molar-refractivity contribution in [3.05, 3.63) is 270 Å². The minimum absolute atomic E-state index is 0.625. The first-order chi connectivity index (χ1) is 35.6. The van der Waals surface area contributed by atoms with E-state index < -0.39 is 5.41 Å². The molecule has 0 saturated carbocycles. The monoisotopic (exact) mass is 915 g/mol. The topological polar surface area (TPSA) is 12.5 Å².